The Bertz CT molecular complexity index is 742. The van der Waals surface area contributed by atoms with Gasteiger partial charge in [-0.25, -0.2) is 0 Å². The fourth-order valence-corrected chi connectivity index (χ4v) is 2.83. The summed E-state index contributed by atoms with van der Waals surface area (Å²) in [4.78, 5) is 24.9. The predicted molar refractivity (Wildman–Crippen MR) is 92.1 cm³/mol. The molecule has 1 aromatic carbocycles. The van der Waals surface area contributed by atoms with Crippen molar-refractivity contribution in [3.63, 3.8) is 0 Å². The lowest BCUT2D eigenvalue weighted by Crippen LogP contribution is -2.30. The highest BCUT2D eigenvalue weighted by Gasteiger charge is 2.19. The van der Waals surface area contributed by atoms with Crippen LogP contribution in [0.15, 0.2) is 33.7 Å². The van der Waals surface area contributed by atoms with E-state index in [1.165, 1.54) is 24.2 Å². The highest BCUT2D eigenvalue weighted by atomic mass is 32.2. The van der Waals surface area contributed by atoms with Gasteiger partial charge in [-0.3, -0.25) is 9.59 Å². The third-order valence-electron chi connectivity index (χ3n) is 3.23. The Morgan fingerprint density at radius 1 is 1.29 bits per heavy atom. The lowest BCUT2D eigenvalue weighted by atomic mass is 10.2. The van der Waals surface area contributed by atoms with E-state index in [2.05, 4.69) is 16.5 Å². The van der Waals surface area contributed by atoms with Gasteiger partial charge in [-0.1, -0.05) is 22.9 Å². The van der Waals surface area contributed by atoms with Crippen LogP contribution in [0.1, 0.15) is 23.8 Å². The first-order chi connectivity index (χ1) is 11.3. The van der Waals surface area contributed by atoms with Gasteiger partial charge in [0.05, 0.1) is 5.75 Å². The molecule has 0 aliphatic carbocycles. The zero-order valence-electron chi connectivity index (χ0n) is 14.1. The second-order valence-corrected chi connectivity index (χ2v) is 6.52. The van der Waals surface area contributed by atoms with Crippen LogP contribution >= 0.6 is 11.8 Å². The molecule has 6 nitrogen and oxygen atoms in total. The van der Waals surface area contributed by atoms with Gasteiger partial charge in [-0.05, 0) is 39.3 Å². The number of ether oxygens (including phenoxy) is 1. The van der Waals surface area contributed by atoms with Crippen molar-refractivity contribution in [2.45, 2.75) is 38.7 Å². The standard InChI is InChI=1S/C17H20N2O4S/c1-10-5-6-14(11(2)7-10)24-9-16(20)22-13(4)17(21)18-15-8-12(3)23-19-15/h5-8,13H,9H2,1-4H3,(H,18,19,21)/t13-/m1/s1. The zero-order chi connectivity index (χ0) is 17.7. The summed E-state index contributed by atoms with van der Waals surface area (Å²) in [5.41, 5.74) is 2.29. The summed E-state index contributed by atoms with van der Waals surface area (Å²) in [6.45, 7) is 7.25. The van der Waals surface area contributed by atoms with Gasteiger partial charge in [-0.2, -0.15) is 0 Å². The molecule has 7 heteroatoms. The second kappa shape index (κ2) is 8.01. The van der Waals surface area contributed by atoms with Gasteiger partial charge in [0.2, 0.25) is 0 Å². The van der Waals surface area contributed by atoms with E-state index in [1.807, 2.05) is 26.0 Å². The Labute approximate surface area is 144 Å². The lowest BCUT2D eigenvalue weighted by molar-refractivity contribution is -0.150. The second-order valence-electron chi connectivity index (χ2n) is 5.50. The molecule has 0 radical (unpaired) electrons. The number of amides is 1. The number of aryl methyl sites for hydroxylation is 3. The number of carbonyl (C=O) groups is 2. The Morgan fingerprint density at radius 3 is 2.67 bits per heavy atom. The van der Waals surface area contributed by atoms with Crippen molar-refractivity contribution in [1.82, 2.24) is 5.16 Å². The normalized spacial score (nSPS) is 11.8. The molecule has 1 amide bonds. The molecular formula is C17H20N2O4S. The number of aromatic nitrogens is 1. The Hall–Kier alpha value is -2.28. The van der Waals surface area contributed by atoms with Gasteiger partial charge in [0, 0.05) is 11.0 Å². The summed E-state index contributed by atoms with van der Waals surface area (Å²) in [6, 6.07) is 7.62. The molecule has 0 saturated heterocycles. The SMILES string of the molecule is Cc1ccc(SCC(=O)O[C@H](C)C(=O)Nc2cc(C)on2)c(C)c1. The number of esters is 1. The van der Waals surface area contributed by atoms with Crippen molar-refractivity contribution in [2.75, 3.05) is 11.1 Å². The van der Waals surface area contributed by atoms with E-state index in [9.17, 15) is 9.59 Å². The van der Waals surface area contributed by atoms with Gasteiger partial charge in [0.15, 0.2) is 11.9 Å². The van der Waals surface area contributed by atoms with Gasteiger partial charge in [0.1, 0.15) is 5.76 Å². The van der Waals surface area contributed by atoms with Crippen LogP contribution in [-0.2, 0) is 14.3 Å². The number of rotatable bonds is 6. The number of hydrogen-bond donors (Lipinski definition) is 1. The fraction of sp³-hybridized carbons (Fsp3) is 0.353. The van der Waals surface area contributed by atoms with E-state index in [-0.39, 0.29) is 5.75 Å². The molecule has 1 atom stereocenters. The highest BCUT2D eigenvalue weighted by molar-refractivity contribution is 8.00. The summed E-state index contributed by atoms with van der Waals surface area (Å²) in [5, 5.41) is 6.19. The van der Waals surface area contributed by atoms with Crippen molar-refractivity contribution in [3.8, 4) is 0 Å². The molecule has 1 heterocycles. The minimum Gasteiger partial charge on any atom is -0.452 e. The largest absolute Gasteiger partial charge is 0.452 e. The van der Waals surface area contributed by atoms with Crippen molar-refractivity contribution in [1.29, 1.82) is 0 Å². The number of carbonyl (C=O) groups excluding carboxylic acids is 2. The molecule has 2 rings (SSSR count). The highest BCUT2D eigenvalue weighted by Crippen LogP contribution is 2.23. The molecule has 0 fully saturated rings. The Balaban J connectivity index is 1.81. The maximum atomic E-state index is 11.9. The molecule has 0 aliphatic rings. The number of hydrogen-bond acceptors (Lipinski definition) is 6. The molecule has 24 heavy (non-hydrogen) atoms. The smallest absolute Gasteiger partial charge is 0.317 e. The molecule has 0 spiro atoms. The minimum absolute atomic E-state index is 0.143. The van der Waals surface area contributed by atoms with E-state index in [1.54, 1.807) is 13.0 Å². The average Bonchev–Trinajstić information content (AvgIpc) is 2.91. The van der Waals surface area contributed by atoms with Crippen LogP contribution in [0.4, 0.5) is 5.82 Å². The lowest BCUT2D eigenvalue weighted by Gasteiger charge is -2.12. The van der Waals surface area contributed by atoms with Crippen molar-refractivity contribution < 1.29 is 18.8 Å². The first-order valence-electron chi connectivity index (χ1n) is 7.49. The van der Waals surface area contributed by atoms with Gasteiger partial charge in [0.25, 0.3) is 5.91 Å². The average molecular weight is 348 g/mol. The maximum Gasteiger partial charge on any atom is 0.317 e. The minimum atomic E-state index is -0.908. The molecule has 128 valence electrons. The molecule has 1 aromatic heterocycles. The Kier molecular flexibility index (Phi) is 6.03. The van der Waals surface area contributed by atoms with Crippen LogP contribution in [-0.4, -0.2) is 28.9 Å². The molecular weight excluding hydrogens is 328 g/mol. The number of benzene rings is 1. The number of nitrogens with one attached hydrogen (secondary N) is 1. The fourth-order valence-electron chi connectivity index (χ4n) is 2.04. The summed E-state index contributed by atoms with van der Waals surface area (Å²) in [5.74, 6) is 0.127. The zero-order valence-corrected chi connectivity index (χ0v) is 14.9. The van der Waals surface area contributed by atoms with E-state index in [0.717, 1.165) is 10.5 Å². The van der Waals surface area contributed by atoms with Crippen LogP contribution < -0.4 is 5.32 Å². The third-order valence-corrected chi connectivity index (χ3v) is 4.38. The number of anilines is 1. The molecule has 2 aromatic rings. The Morgan fingerprint density at radius 2 is 2.04 bits per heavy atom. The van der Waals surface area contributed by atoms with E-state index in [4.69, 9.17) is 9.26 Å². The van der Waals surface area contributed by atoms with Gasteiger partial charge >= 0.3 is 5.97 Å². The van der Waals surface area contributed by atoms with Crippen molar-refractivity contribution >= 4 is 29.5 Å². The summed E-state index contributed by atoms with van der Waals surface area (Å²) < 4.78 is 10.0. The van der Waals surface area contributed by atoms with Gasteiger partial charge in [-0.15, -0.1) is 11.8 Å². The predicted octanol–water partition coefficient (Wildman–Crippen LogP) is 3.26. The van der Waals surface area contributed by atoms with Crippen LogP contribution in [0.2, 0.25) is 0 Å². The van der Waals surface area contributed by atoms with Crippen LogP contribution in [0.5, 0.6) is 0 Å². The summed E-state index contributed by atoms with van der Waals surface area (Å²) >= 11 is 1.39. The summed E-state index contributed by atoms with van der Waals surface area (Å²) in [7, 11) is 0. The van der Waals surface area contributed by atoms with E-state index in [0.29, 0.717) is 11.6 Å². The van der Waals surface area contributed by atoms with Crippen molar-refractivity contribution in [2.24, 2.45) is 0 Å². The van der Waals surface area contributed by atoms with E-state index >= 15 is 0 Å². The molecule has 0 aliphatic heterocycles. The maximum absolute atomic E-state index is 11.9. The van der Waals surface area contributed by atoms with Crippen LogP contribution in [0.3, 0.4) is 0 Å². The molecule has 1 N–H and O–H groups in total. The summed E-state index contributed by atoms with van der Waals surface area (Å²) in [6.07, 6.45) is -0.908. The molecule has 0 unspecified atom stereocenters. The molecule has 0 saturated carbocycles. The van der Waals surface area contributed by atoms with Crippen LogP contribution in [0.25, 0.3) is 0 Å². The first-order valence-corrected chi connectivity index (χ1v) is 8.47. The van der Waals surface area contributed by atoms with Crippen molar-refractivity contribution in [3.05, 3.63) is 41.2 Å². The monoisotopic (exact) mass is 348 g/mol. The third kappa shape index (κ3) is 5.13. The quantitative estimate of drug-likeness (QED) is 0.637. The number of thioether (sulfide) groups is 1. The topological polar surface area (TPSA) is 81.4 Å². The van der Waals surface area contributed by atoms with Crippen LogP contribution in [0, 0.1) is 20.8 Å². The first kappa shape index (κ1) is 18.1. The van der Waals surface area contributed by atoms with E-state index < -0.39 is 18.0 Å². The molecule has 0 bridgehead atoms. The van der Waals surface area contributed by atoms with Gasteiger partial charge < -0.3 is 14.6 Å². The number of nitrogens with zero attached hydrogens (tertiary/aromatic N) is 1.